The Bertz CT molecular complexity index is 665. The molecule has 1 aromatic carbocycles. The van der Waals surface area contributed by atoms with Gasteiger partial charge in [-0.3, -0.25) is 14.6 Å². The van der Waals surface area contributed by atoms with Crippen LogP contribution in [0.3, 0.4) is 0 Å². The summed E-state index contributed by atoms with van der Waals surface area (Å²) in [7, 11) is 5.39. The Morgan fingerprint density at radius 1 is 1.03 bits per heavy atom. The number of hydrogen-bond acceptors (Lipinski definition) is 5. The molecule has 1 saturated carbocycles. The van der Waals surface area contributed by atoms with Crippen LogP contribution in [0.15, 0.2) is 18.2 Å². The maximum Gasteiger partial charge on any atom is 0.236 e. The fourth-order valence-electron chi connectivity index (χ4n) is 4.49. The van der Waals surface area contributed by atoms with Crippen LogP contribution in [-0.2, 0) is 11.3 Å². The molecule has 2 fully saturated rings. The van der Waals surface area contributed by atoms with Crippen molar-refractivity contribution in [3.63, 3.8) is 0 Å². The molecule has 1 aliphatic carbocycles. The number of nitrogens with zero attached hydrogens (tertiary/aromatic N) is 3. The van der Waals surface area contributed by atoms with Gasteiger partial charge in [0.25, 0.3) is 0 Å². The van der Waals surface area contributed by atoms with Crippen molar-refractivity contribution in [1.29, 1.82) is 0 Å². The first-order valence-electron chi connectivity index (χ1n) is 10.9. The Morgan fingerprint density at radius 3 is 2.31 bits per heavy atom. The summed E-state index contributed by atoms with van der Waals surface area (Å²) >= 11 is 0. The van der Waals surface area contributed by atoms with Crippen molar-refractivity contribution in [3.8, 4) is 11.5 Å². The second kappa shape index (κ2) is 10.3. The lowest BCUT2D eigenvalue weighted by Crippen LogP contribution is -2.50. The van der Waals surface area contributed by atoms with Crippen molar-refractivity contribution < 1.29 is 14.3 Å². The van der Waals surface area contributed by atoms with E-state index in [1.54, 1.807) is 14.2 Å². The number of carbonyl (C=O) groups is 1. The van der Waals surface area contributed by atoms with Crippen molar-refractivity contribution in [2.75, 3.05) is 54.0 Å². The normalized spacial score (nSPS) is 23.6. The average Bonchev–Trinajstić information content (AvgIpc) is 2.75. The summed E-state index contributed by atoms with van der Waals surface area (Å²) < 4.78 is 10.9. The lowest BCUT2D eigenvalue weighted by atomic mass is 9.87. The van der Waals surface area contributed by atoms with Gasteiger partial charge < -0.3 is 14.4 Å². The molecule has 0 radical (unpaired) electrons. The minimum Gasteiger partial charge on any atom is -0.497 e. The maximum absolute atomic E-state index is 12.8. The van der Waals surface area contributed by atoms with Crippen molar-refractivity contribution in [2.45, 2.75) is 45.2 Å². The maximum atomic E-state index is 12.8. The number of carbonyl (C=O) groups excluding carboxylic acids is 1. The predicted molar refractivity (Wildman–Crippen MR) is 115 cm³/mol. The van der Waals surface area contributed by atoms with Crippen molar-refractivity contribution in [2.24, 2.45) is 5.92 Å². The molecule has 1 heterocycles. The molecule has 6 nitrogen and oxygen atoms in total. The van der Waals surface area contributed by atoms with E-state index in [1.165, 1.54) is 12.8 Å². The van der Waals surface area contributed by atoms with E-state index in [9.17, 15) is 4.79 Å². The van der Waals surface area contributed by atoms with Crippen molar-refractivity contribution in [1.82, 2.24) is 14.7 Å². The molecule has 162 valence electrons. The molecular weight excluding hydrogens is 366 g/mol. The molecule has 0 bridgehead atoms. The lowest BCUT2D eigenvalue weighted by molar-refractivity contribution is -0.134. The molecule has 6 heteroatoms. The second-order valence-corrected chi connectivity index (χ2v) is 8.65. The predicted octanol–water partition coefficient (Wildman–Crippen LogP) is 2.86. The zero-order valence-corrected chi connectivity index (χ0v) is 18.5. The van der Waals surface area contributed by atoms with Gasteiger partial charge in [0, 0.05) is 51.4 Å². The third kappa shape index (κ3) is 5.86. The summed E-state index contributed by atoms with van der Waals surface area (Å²) in [5.74, 6) is 2.83. The van der Waals surface area contributed by atoms with Crippen LogP contribution >= 0.6 is 0 Å². The van der Waals surface area contributed by atoms with Crippen molar-refractivity contribution >= 4 is 5.91 Å². The lowest BCUT2D eigenvalue weighted by Gasteiger charge is -2.37. The van der Waals surface area contributed by atoms with Crippen LogP contribution in [0.5, 0.6) is 11.5 Å². The van der Waals surface area contributed by atoms with Crippen LogP contribution in [0.2, 0.25) is 0 Å². The molecule has 0 atom stereocenters. The van der Waals surface area contributed by atoms with Crippen LogP contribution in [-0.4, -0.2) is 80.6 Å². The number of amides is 1. The van der Waals surface area contributed by atoms with Gasteiger partial charge >= 0.3 is 0 Å². The van der Waals surface area contributed by atoms with Gasteiger partial charge in [-0.25, -0.2) is 0 Å². The summed E-state index contributed by atoms with van der Waals surface area (Å²) in [5, 5.41) is 0. The molecular formula is C23H37N3O3. The first-order valence-corrected chi connectivity index (χ1v) is 10.9. The Hall–Kier alpha value is -1.79. The number of ether oxygens (including phenoxy) is 2. The molecule has 0 unspecified atom stereocenters. The first-order chi connectivity index (χ1) is 14.0. The molecule has 1 aliphatic heterocycles. The second-order valence-electron chi connectivity index (χ2n) is 8.65. The zero-order valence-electron chi connectivity index (χ0n) is 18.5. The van der Waals surface area contributed by atoms with Crippen LogP contribution in [0, 0.1) is 5.92 Å². The standard InChI is InChI=1S/C23H37N3O3/c1-18-5-7-20(8-6-18)24(2)23(27)17-26-13-11-25(12-14-26)16-19-15-21(28-3)9-10-22(19)29-4/h9-10,15,18,20H,5-8,11-14,16-17H2,1-4H3. The highest BCUT2D eigenvalue weighted by Crippen LogP contribution is 2.27. The quantitative estimate of drug-likeness (QED) is 0.701. The van der Waals surface area contributed by atoms with Gasteiger partial charge in [-0.2, -0.15) is 0 Å². The van der Waals surface area contributed by atoms with E-state index in [4.69, 9.17) is 9.47 Å². The summed E-state index contributed by atoms with van der Waals surface area (Å²) in [4.78, 5) is 19.5. The third-order valence-electron chi connectivity index (χ3n) is 6.63. The molecule has 0 N–H and O–H groups in total. The van der Waals surface area contributed by atoms with E-state index in [1.807, 2.05) is 24.1 Å². The van der Waals surface area contributed by atoms with E-state index in [0.717, 1.165) is 68.5 Å². The summed E-state index contributed by atoms with van der Waals surface area (Å²) in [6, 6.07) is 6.37. The molecule has 0 aromatic heterocycles. The van der Waals surface area contributed by atoms with Crippen LogP contribution < -0.4 is 9.47 Å². The molecule has 1 amide bonds. The topological polar surface area (TPSA) is 45.3 Å². The number of rotatable bonds is 7. The van der Waals surface area contributed by atoms with E-state index < -0.39 is 0 Å². The number of methoxy groups -OCH3 is 2. The number of hydrogen-bond donors (Lipinski definition) is 0. The van der Waals surface area contributed by atoms with Crippen LogP contribution in [0.4, 0.5) is 0 Å². The van der Waals surface area contributed by atoms with E-state index in [0.29, 0.717) is 12.6 Å². The highest BCUT2D eigenvalue weighted by Gasteiger charge is 2.27. The van der Waals surface area contributed by atoms with Gasteiger partial charge in [0.2, 0.25) is 5.91 Å². The van der Waals surface area contributed by atoms with E-state index in [2.05, 4.69) is 22.8 Å². The SMILES string of the molecule is COc1ccc(OC)c(CN2CCN(CC(=O)N(C)C3CCC(C)CC3)CC2)c1. The fourth-order valence-corrected chi connectivity index (χ4v) is 4.49. The van der Waals surface area contributed by atoms with E-state index in [-0.39, 0.29) is 5.91 Å². The van der Waals surface area contributed by atoms with Gasteiger partial charge in [-0.15, -0.1) is 0 Å². The number of likely N-dealkylation sites (N-methyl/N-ethyl adjacent to an activating group) is 1. The zero-order chi connectivity index (χ0) is 20.8. The van der Waals surface area contributed by atoms with Gasteiger partial charge in [0.05, 0.1) is 20.8 Å². The largest absolute Gasteiger partial charge is 0.497 e. The molecule has 1 aromatic rings. The van der Waals surface area contributed by atoms with Crippen molar-refractivity contribution in [3.05, 3.63) is 23.8 Å². The highest BCUT2D eigenvalue weighted by molar-refractivity contribution is 5.78. The molecule has 1 saturated heterocycles. The number of piperazine rings is 1. The highest BCUT2D eigenvalue weighted by atomic mass is 16.5. The smallest absolute Gasteiger partial charge is 0.236 e. The molecule has 29 heavy (non-hydrogen) atoms. The van der Waals surface area contributed by atoms with Gasteiger partial charge in [0.1, 0.15) is 11.5 Å². The summed E-state index contributed by atoms with van der Waals surface area (Å²) in [6.45, 7) is 7.46. The Kier molecular flexibility index (Phi) is 7.78. The third-order valence-corrected chi connectivity index (χ3v) is 6.63. The monoisotopic (exact) mass is 403 g/mol. The van der Waals surface area contributed by atoms with Gasteiger partial charge in [0.15, 0.2) is 0 Å². The molecule has 3 rings (SSSR count). The first kappa shape index (κ1) is 21.9. The summed E-state index contributed by atoms with van der Waals surface area (Å²) in [5.41, 5.74) is 1.14. The van der Waals surface area contributed by atoms with Gasteiger partial charge in [-0.05, 0) is 49.8 Å². The van der Waals surface area contributed by atoms with Crippen LogP contribution in [0.1, 0.15) is 38.2 Å². The van der Waals surface area contributed by atoms with E-state index >= 15 is 0 Å². The number of benzene rings is 1. The van der Waals surface area contributed by atoms with Gasteiger partial charge in [-0.1, -0.05) is 6.92 Å². The minimum atomic E-state index is 0.271. The summed E-state index contributed by atoms with van der Waals surface area (Å²) in [6.07, 6.45) is 4.79. The Labute approximate surface area is 175 Å². The average molecular weight is 404 g/mol. The van der Waals surface area contributed by atoms with Crippen LogP contribution in [0.25, 0.3) is 0 Å². The molecule has 2 aliphatic rings. The Balaban J connectivity index is 1.46. The Morgan fingerprint density at radius 2 is 1.69 bits per heavy atom. The minimum absolute atomic E-state index is 0.271. The molecule has 0 spiro atoms. The fraction of sp³-hybridized carbons (Fsp3) is 0.696.